The van der Waals surface area contributed by atoms with Gasteiger partial charge < -0.3 is 15.4 Å². The van der Waals surface area contributed by atoms with Gasteiger partial charge in [-0.1, -0.05) is 0 Å². The van der Waals surface area contributed by atoms with Crippen molar-refractivity contribution in [2.24, 2.45) is 5.73 Å². The molecule has 2 N–H and O–H groups in total. The Balaban J connectivity index is 1.95. The van der Waals surface area contributed by atoms with Crippen molar-refractivity contribution in [2.75, 3.05) is 25.1 Å². The lowest BCUT2D eigenvalue weighted by Gasteiger charge is -2.28. The van der Waals surface area contributed by atoms with Crippen LogP contribution in [0.15, 0.2) is 18.3 Å². The third-order valence-corrected chi connectivity index (χ3v) is 3.19. The molecule has 0 radical (unpaired) electrons. The maximum atomic E-state index is 5.73. The van der Waals surface area contributed by atoms with Crippen LogP contribution in [0.5, 0.6) is 0 Å². The monoisotopic (exact) mass is 235 g/mol. The fourth-order valence-electron chi connectivity index (χ4n) is 2.15. The Kier molecular flexibility index (Phi) is 4.34. The zero-order valence-corrected chi connectivity index (χ0v) is 10.4. The minimum absolute atomic E-state index is 0.345. The molecule has 4 nitrogen and oxygen atoms in total. The van der Waals surface area contributed by atoms with Crippen LogP contribution in [0.25, 0.3) is 0 Å². The highest BCUT2D eigenvalue weighted by molar-refractivity contribution is 5.40. The lowest BCUT2D eigenvalue weighted by atomic mass is 10.1. The van der Waals surface area contributed by atoms with E-state index in [9.17, 15) is 0 Å². The van der Waals surface area contributed by atoms with Gasteiger partial charge in [-0.25, -0.2) is 4.98 Å². The maximum absolute atomic E-state index is 5.73. The Bertz CT molecular complexity index is 350. The van der Waals surface area contributed by atoms with E-state index in [1.54, 1.807) is 0 Å². The van der Waals surface area contributed by atoms with Gasteiger partial charge in [0.25, 0.3) is 0 Å². The third-order valence-electron chi connectivity index (χ3n) is 3.19. The Morgan fingerprint density at radius 3 is 3.12 bits per heavy atom. The first-order chi connectivity index (χ1) is 8.29. The zero-order valence-electron chi connectivity index (χ0n) is 10.4. The van der Waals surface area contributed by atoms with E-state index in [-0.39, 0.29) is 0 Å². The molecular weight excluding hydrogens is 214 g/mol. The summed E-state index contributed by atoms with van der Waals surface area (Å²) < 4.78 is 5.73. The predicted octanol–water partition coefficient (Wildman–Crippen LogP) is 1.55. The lowest BCUT2D eigenvalue weighted by molar-refractivity contribution is 0.0215. The first-order valence-electron chi connectivity index (χ1n) is 6.27. The standard InChI is InChI=1S/C13H21N3O/c1-16(10-12-4-2-3-7-17-12)13-8-11(9-14)5-6-15-13/h5-6,8,12H,2-4,7,9-10,14H2,1H3. The van der Waals surface area contributed by atoms with Gasteiger partial charge in [0.1, 0.15) is 5.82 Å². The molecular formula is C13H21N3O. The smallest absolute Gasteiger partial charge is 0.128 e. The molecule has 1 saturated heterocycles. The number of hydrogen-bond acceptors (Lipinski definition) is 4. The number of ether oxygens (including phenoxy) is 1. The van der Waals surface area contributed by atoms with Crippen molar-refractivity contribution < 1.29 is 4.74 Å². The number of nitrogens with two attached hydrogens (primary N) is 1. The highest BCUT2D eigenvalue weighted by atomic mass is 16.5. The van der Waals surface area contributed by atoms with Gasteiger partial charge in [0.05, 0.1) is 6.10 Å². The molecule has 0 bridgehead atoms. The summed E-state index contributed by atoms with van der Waals surface area (Å²) >= 11 is 0. The molecule has 1 aromatic heterocycles. The second-order valence-corrected chi connectivity index (χ2v) is 4.60. The molecule has 0 aromatic carbocycles. The van der Waals surface area contributed by atoms with Crippen LogP contribution >= 0.6 is 0 Å². The molecule has 1 aromatic rings. The van der Waals surface area contributed by atoms with Gasteiger partial charge in [0.15, 0.2) is 0 Å². The van der Waals surface area contributed by atoms with Gasteiger partial charge >= 0.3 is 0 Å². The van der Waals surface area contributed by atoms with E-state index in [2.05, 4.69) is 16.9 Å². The van der Waals surface area contributed by atoms with Crippen LogP contribution in [0.4, 0.5) is 5.82 Å². The van der Waals surface area contributed by atoms with Crippen molar-refractivity contribution in [2.45, 2.75) is 31.9 Å². The van der Waals surface area contributed by atoms with E-state index in [1.165, 1.54) is 12.8 Å². The van der Waals surface area contributed by atoms with Crippen molar-refractivity contribution in [3.8, 4) is 0 Å². The summed E-state index contributed by atoms with van der Waals surface area (Å²) in [5.74, 6) is 0.974. The van der Waals surface area contributed by atoms with Crippen molar-refractivity contribution in [1.29, 1.82) is 0 Å². The summed E-state index contributed by atoms with van der Waals surface area (Å²) in [6, 6.07) is 4.00. The first-order valence-corrected chi connectivity index (χ1v) is 6.27. The Labute approximate surface area is 103 Å². The molecule has 1 fully saturated rings. The van der Waals surface area contributed by atoms with Gasteiger partial charge in [-0.3, -0.25) is 0 Å². The maximum Gasteiger partial charge on any atom is 0.128 e. The van der Waals surface area contributed by atoms with Gasteiger partial charge in [-0.05, 0) is 37.0 Å². The van der Waals surface area contributed by atoms with Crippen molar-refractivity contribution >= 4 is 5.82 Å². The van der Waals surface area contributed by atoms with Gasteiger partial charge in [0, 0.05) is 32.9 Å². The van der Waals surface area contributed by atoms with E-state index in [1.807, 2.05) is 18.3 Å². The fourth-order valence-corrected chi connectivity index (χ4v) is 2.15. The minimum Gasteiger partial charge on any atom is -0.376 e. The highest BCUT2D eigenvalue weighted by Gasteiger charge is 2.16. The van der Waals surface area contributed by atoms with Crippen molar-refractivity contribution in [1.82, 2.24) is 4.98 Å². The van der Waals surface area contributed by atoms with Crippen LogP contribution in [0.3, 0.4) is 0 Å². The quantitative estimate of drug-likeness (QED) is 0.860. The second kappa shape index (κ2) is 5.98. The van der Waals surface area contributed by atoms with Crippen LogP contribution < -0.4 is 10.6 Å². The molecule has 2 rings (SSSR count). The predicted molar refractivity (Wildman–Crippen MR) is 69.0 cm³/mol. The molecule has 1 aliphatic heterocycles. The van der Waals surface area contributed by atoms with E-state index in [4.69, 9.17) is 10.5 Å². The Hall–Kier alpha value is -1.13. The van der Waals surface area contributed by atoms with Gasteiger partial charge in [-0.2, -0.15) is 0 Å². The molecule has 0 spiro atoms. The summed E-state index contributed by atoms with van der Waals surface area (Å²) in [6.07, 6.45) is 5.78. The largest absolute Gasteiger partial charge is 0.376 e. The summed E-state index contributed by atoms with van der Waals surface area (Å²) in [5, 5.41) is 0. The van der Waals surface area contributed by atoms with Crippen molar-refractivity contribution in [3.63, 3.8) is 0 Å². The normalized spacial score (nSPS) is 20.2. The molecule has 94 valence electrons. The third kappa shape index (κ3) is 3.41. The topological polar surface area (TPSA) is 51.4 Å². The summed E-state index contributed by atoms with van der Waals surface area (Å²) in [6.45, 7) is 2.36. The zero-order chi connectivity index (χ0) is 12.1. The average molecular weight is 235 g/mol. The molecule has 1 unspecified atom stereocenters. The average Bonchev–Trinajstić information content (AvgIpc) is 2.40. The molecule has 1 aliphatic rings. The van der Waals surface area contributed by atoms with Crippen LogP contribution in [0, 0.1) is 0 Å². The fraction of sp³-hybridized carbons (Fsp3) is 0.615. The molecule has 17 heavy (non-hydrogen) atoms. The number of aromatic nitrogens is 1. The highest BCUT2D eigenvalue weighted by Crippen LogP contribution is 2.17. The molecule has 0 saturated carbocycles. The Morgan fingerprint density at radius 1 is 1.53 bits per heavy atom. The van der Waals surface area contributed by atoms with Crippen LogP contribution in [0.1, 0.15) is 24.8 Å². The number of hydrogen-bond donors (Lipinski definition) is 1. The molecule has 0 aliphatic carbocycles. The first kappa shape index (κ1) is 12.3. The van der Waals surface area contributed by atoms with Crippen LogP contribution in [0.2, 0.25) is 0 Å². The summed E-state index contributed by atoms with van der Waals surface area (Å²) in [7, 11) is 2.06. The van der Waals surface area contributed by atoms with Crippen LogP contribution in [-0.4, -0.2) is 31.3 Å². The SMILES string of the molecule is CN(CC1CCCCO1)c1cc(CN)ccn1. The number of nitrogens with zero attached hydrogens (tertiary/aromatic N) is 2. The summed E-state index contributed by atoms with van der Waals surface area (Å²) in [5.41, 5.74) is 6.75. The van der Waals surface area contributed by atoms with Gasteiger partial charge in [-0.15, -0.1) is 0 Å². The molecule has 2 heterocycles. The number of pyridine rings is 1. The van der Waals surface area contributed by atoms with Crippen LogP contribution in [-0.2, 0) is 11.3 Å². The van der Waals surface area contributed by atoms with E-state index < -0.39 is 0 Å². The van der Waals surface area contributed by atoms with Crippen molar-refractivity contribution in [3.05, 3.63) is 23.9 Å². The molecule has 4 heteroatoms. The number of anilines is 1. The molecule has 0 amide bonds. The number of rotatable bonds is 4. The Morgan fingerprint density at radius 2 is 2.41 bits per heavy atom. The number of likely N-dealkylation sites (N-methyl/N-ethyl adjacent to an activating group) is 1. The second-order valence-electron chi connectivity index (χ2n) is 4.60. The molecule has 1 atom stereocenters. The van der Waals surface area contributed by atoms with E-state index >= 15 is 0 Å². The van der Waals surface area contributed by atoms with E-state index in [0.717, 1.165) is 31.0 Å². The van der Waals surface area contributed by atoms with Gasteiger partial charge in [0.2, 0.25) is 0 Å². The van der Waals surface area contributed by atoms with E-state index in [0.29, 0.717) is 12.6 Å². The summed E-state index contributed by atoms with van der Waals surface area (Å²) in [4.78, 5) is 6.52. The minimum atomic E-state index is 0.345. The lowest BCUT2D eigenvalue weighted by Crippen LogP contribution is -2.33.